The van der Waals surface area contributed by atoms with Crippen molar-refractivity contribution < 1.29 is 4.74 Å². The Bertz CT molecular complexity index is 655. The molecule has 0 radical (unpaired) electrons. The maximum absolute atomic E-state index is 6.04. The average molecular weight is 401 g/mol. The quantitative estimate of drug-likeness (QED) is 0.779. The molecule has 5 heteroatoms. The summed E-state index contributed by atoms with van der Waals surface area (Å²) in [5, 5.41) is 3.71. The minimum Gasteiger partial charge on any atom is -0.381 e. The maximum Gasteiger partial charge on any atom is 0.128 e. The second kappa shape index (κ2) is 9.22. The molecular formula is C24H40N4O. The third-order valence-corrected chi connectivity index (χ3v) is 7.47. The molecule has 4 rings (SSSR count). The number of nitrogens with zero attached hydrogens (tertiary/aromatic N) is 2. The molecule has 5 nitrogen and oxygen atoms in total. The first-order chi connectivity index (χ1) is 14.0. The van der Waals surface area contributed by atoms with Crippen molar-refractivity contribution in [2.45, 2.75) is 96.4 Å². The molecule has 162 valence electrons. The first kappa shape index (κ1) is 20.9. The van der Waals surface area contributed by atoms with Crippen molar-refractivity contribution in [3.8, 4) is 0 Å². The molecule has 3 fully saturated rings. The van der Waals surface area contributed by atoms with Crippen molar-refractivity contribution in [1.82, 2.24) is 4.98 Å². The first-order valence-electron chi connectivity index (χ1n) is 11.9. The van der Waals surface area contributed by atoms with Crippen LogP contribution >= 0.6 is 0 Å². The Morgan fingerprint density at radius 1 is 0.966 bits per heavy atom. The lowest BCUT2D eigenvalue weighted by Crippen LogP contribution is -2.40. The van der Waals surface area contributed by atoms with E-state index in [1.54, 1.807) is 0 Å². The van der Waals surface area contributed by atoms with Gasteiger partial charge in [-0.15, -0.1) is 0 Å². The zero-order chi connectivity index (χ0) is 20.4. The molecule has 2 unspecified atom stereocenters. The third-order valence-electron chi connectivity index (χ3n) is 7.47. The molecule has 2 atom stereocenters. The van der Waals surface area contributed by atoms with E-state index in [9.17, 15) is 0 Å². The summed E-state index contributed by atoms with van der Waals surface area (Å²) in [6, 6.07) is 5.38. The zero-order valence-electron chi connectivity index (χ0n) is 18.6. The smallest absolute Gasteiger partial charge is 0.128 e. The molecule has 3 aliphatic rings. The van der Waals surface area contributed by atoms with Crippen molar-refractivity contribution in [2.75, 3.05) is 23.3 Å². The van der Waals surface area contributed by atoms with Gasteiger partial charge in [0.15, 0.2) is 0 Å². The van der Waals surface area contributed by atoms with E-state index in [0.29, 0.717) is 24.3 Å². The summed E-state index contributed by atoms with van der Waals surface area (Å²) in [4.78, 5) is 7.44. The molecule has 1 aliphatic carbocycles. The van der Waals surface area contributed by atoms with Gasteiger partial charge in [0, 0.05) is 25.2 Å². The van der Waals surface area contributed by atoms with Gasteiger partial charge in [0.25, 0.3) is 0 Å². The highest BCUT2D eigenvalue weighted by atomic mass is 16.5. The van der Waals surface area contributed by atoms with Gasteiger partial charge in [0.2, 0.25) is 0 Å². The monoisotopic (exact) mass is 400 g/mol. The molecule has 2 aliphatic heterocycles. The lowest BCUT2D eigenvalue weighted by Gasteiger charge is -2.41. The van der Waals surface area contributed by atoms with Crippen LogP contribution in [0.15, 0.2) is 12.1 Å². The van der Waals surface area contributed by atoms with Gasteiger partial charge in [-0.25, -0.2) is 4.98 Å². The Morgan fingerprint density at radius 3 is 2.24 bits per heavy atom. The van der Waals surface area contributed by atoms with Gasteiger partial charge in [0.1, 0.15) is 5.82 Å². The number of anilines is 2. The molecule has 1 aromatic heterocycles. The van der Waals surface area contributed by atoms with E-state index in [0.717, 1.165) is 49.3 Å². The molecule has 0 amide bonds. The van der Waals surface area contributed by atoms with Crippen LogP contribution in [0.2, 0.25) is 0 Å². The van der Waals surface area contributed by atoms with E-state index in [1.165, 1.54) is 44.2 Å². The van der Waals surface area contributed by atoms with E-state index >= 15 is 0 Å². The summed E-state index contributed by atoms with van der Waals surface area (Å²) in [5.74, 6) is 2.83. The van der Waals surface area contributed by atoms with Crippen LogP contribution in [0.5, 0.6) is 0 Å². The summed E-state index contributed by atoms with van der Waals surface area (Å²) >= 11 is 0. The predicted octanol–water partition coefficient (Wildman–Crippen LogP) is 4.49. The Morgan fingerprint density at radius 2 is 1.62 bits per heavy atom. The number of ether oxygens (including phenoxy) is 1. The van der Waals surface area contributed by atoms with Crippen LogP contribution < -0.4 is 16.0 Å². The van der Waals surface area contributed by atoms with Gasteiger partial charge in [-0.05, 0) is 96.1 Å². The Labute approximate surface area is 176 Å². The number of piperidine rings is 1. The van der Waals surface area contributed by atoms with Gasteiger partial charge in [-0.3, -0.25) is 0 Å². The van der Waals surface area contributed by atoms with Crippen LogP contribution in [0.1, 0.15) is 70.9 Å². The molecule has 0 bridgehead atoms. The molecule has 2 saturated heterocycles. The van der Waals surface area contributed by atoms with Crippen LogP contribution in [-0.2, 0) is 4.74 Å². The minimum absolute atomic E-state index is 0.394. The fourth-order valence-electron chi connectivity index (χ4n) is 5.80. The van der Waals surface area contributed by atoms with Gasteiger partial charge in [-0.1, -0.05) is 0 Å². The summed E-state index contributed by atoms with van der Waals surface area (Å²) in [6.45, 7) is 8.87. The van der Waals surface area contributed by atoms with Crippen molar-refractivity contribution in [3.63, 3.8) is 0 Å². The van der Waals surface area contributed by atoms with Gasteiger partial charge in [-0.2, -0.15) is 0 Å². The molecule has 29 heavy (non-hydrogen) atoms. The SMILES string of the molecule is Cc1nc(N2CCC(C3CC(C)OC(C)C3)CC2)ccc1NC1CCC(N)CC1. The van der Waals surface area contributed by atoms with Crippen LogP contribution in [0.25, 0.3) is 0 Å². The summed E-state index contributed by atoms with van der Waals surface area (Å²) in [7, 11) is 0. The number of aryl methyl sites for hydroxylation is 1. The Hall–Kier alpha value is -1.33. The van der Waals surface area contributed by atoms with Crippen LogP contribution in [0, 0.1) is 18.8 Å². The molecule has 1 saturated carbocycles. The van der Waals surface area contributed by atoms with Crippen molar-refractivity contribution in [2.24, 2.45) is 17.6 Å². The van der Waals surface area contributed by atoms with E-state index in [2.05, 4.69) is 43.1 Å². The Kier molecular flexibility index (Phi) is 6.65. The average Bonchev–Trinajstić information content (AvgIpc) is 2.70. The Balaban J connectivity index is 1.31. The fourth-order valence-corrected chi connectivity index (χ4v) is 5.80. The predicted molar refractivity (Wildman–Crippen MR) is 120 cm³/mol. The number of hydrogen-bond donors (Lipinski definition) is 2. The van der Waals surface area contributed by atoms with Gasteiger partial charge < -0.3 is 20.7 Å². The second-order valence-corrected chi connectivity index (χ2v) is 9.87. The number of hydrogen-bond acceptors (Lipinski definition) is 5. The summed E-state index contributed by atoms with van der Waals surface area (Å²) in [5.41, 5.74) is 8.35. The van der Waals surface area contributed by atoms with Crippen LogP contribution in [0.4, 0.5) is 11.5 Å². The highest BCUT2D eigenvalue weighted by Gasteiger charge is 2.33. The van der Waals surface area contributed by atoms with Crippen molar-refractivity contribution in [3.05, 3.63) is 17.8 Å². The number of nitrogens with two attached hydrogens (primary N) is 1. The number of aromatic nitrogens is 1. The lowest BCUT2D eigenvalue weighted by molar-refractivity contribution is -0.0654. The maximum atomic E-state index is 6.04. The van der Waals surface area contributed by atoms with Crippen LogP contribution in [0.3, 0.4) is 0 Å². The van der Waals surface area contributed by atoms with Crippen molar-refractivity contribution >= 4 is 11.5 Å². The topological polar surface area (TPSA) is 63.4 Å². The molecular weight excluding hydrogens is 360 g/mol. The van der Waals surface area contributed by atoms with Crippen molar-refractivity contribution in [1.29, 1.82) is 0 Å². The first-order valence-corrected chi connectivity index (χ1v) is 11.9. The molecule has 0 spiro atoms. The summed E-state index contributed by atoms with van der Waals surface area (Å²) in [6.07, 6.45) is 10.5. The van der Waals surface area contributed by atoms with E-state index < -0.39 is 0 Å². The van der Waals surface area contributed by atoms with Gasteiger partial charge in [0.05, 0.1) is 23.6 Å². The number of pyridine rings is 1. The second-order valence-electron chi connectivity index (χ2n) is 9.87. The molecule has 3 heterocycles. The standard InChI is InChI=1S/C24H40N4O/c1-16-14-20(15-17(2)29-16)19-10-12-28(13-11-19)24-9-8-23(18(3)26-24)27-22-6-4-21(25)5-7-22/h8-9,16-17,19-22,27H,4-7,10-15,25H2,1-3H3. The van der Waals surface area contributed by atoms with E-state index in [1.807, 2.05) is 0 Å². The summed E-state index contributed by atoms with van der Waals surface area (Å²) < 4.78 is 5.95. The van der Waals surface area contributed by atoms with Crippen LogP contribution in [-0.4, -0.2) is 42.4 Å². The van der Waals surface area contributed by atoms with E-state index in [-0.39, 0.29) is 0 Å². The molecule has 1 aromatic rings. The minimum atomic E-state index is 0.394. The van der Waals surface area contributed by atoms with Gasteiger partial charge >= 0.3 is 0 Å². The number of nitrogens with one attached hydrogen (secondary N) is 1. The lowest BCUT2D eigenvalue weighted by atomic mass is 9.77. The highest BCUT2D eigenvalue weighted by molar-refractivity contribution is 5.54. The molecule has 3 N–H and O–H groups in total. The fraction of sp³-hybridized carbons (Fsp3) is 0.792. The van der Waals surface area contributed by atoms with E-state index in [4.69, 9.17) is 15.5 Å². The zero-order valence-corrected chi connectivity index (χ0v) is 18.6. The number of rotatable bonds is 4. The normalized spacial score (nSPS) is 34.2. The largest absolute Gasteiger partial charge is 0.381 e. The third kappa shape index (κ3) is 5.24. The highest BCUT2D eigenvalue weighted by Crippen LogP contribution is 2.37. The molecule has 0 aromatic carbocycles.